The Labute approximate surface area is 174 Å². The van der Waals surface area contributed by atoms with Crippen molar-refractivity contribution in [1.29, 1.82) is 5.26 Å². The van der Waals surface area contributed by atoms with Gasteiger partial charge in [0, 0.05) is 31.1 Å². The predicted octanol–water partition coefficient (Wildman–Crippen LogP) is 3.11. The standard InChI is InChI=1S/C21H25FN4O2S/c1-15-16(2)26(18-5-3-4-17(22)12-18)21(19(15)13-23)24-20(27)14-29-11-8-25-6-9-28-10-7-25/h3-5,12H,6-11,14H2,1-2H3,(H,24,27). The van der Waals surface area contributed by atoms with E-state index in [9.17, 15) is 14.4 Å². The molecule has 1 N–H and O–H groups in total. The van der Waals surface area contributed by atoms with Crippen LogP contribution in [0.4, 0.5) is 10.2 Å². The van der Waals surface area contributed by atoms with Crippen molar-refractivity contribution in [2.45, 2.75) is 13.8 Å². The van der Waals surface area contributed by atoms with Gasteiger partial charge >= 0.3 is 0 Å². The fourth-order valence-corrected chi connectivity index (χ4v) is 4.14. The lowest BCUT2D eigenvalue weighted by molar-refractivity contribution is -0.113. The van der Waals surface area contributed by atoms with Crippen LogP contribution in [0.25, 0.3) is 5.69 Å². The second-order valence-electron chi connectivity index (χ2n) is 6.92. The average molecular weight is 417 g/mol. The smallest absolute Gasteiger partial charge is 0.235 e. The van der Waals surface area contributed by atoms with Crippen LogP contribution in [0, 0.1) is 31.0 Å². The number of thioether (sulfide) groups is 1. The molecule has 1 aliphatic rings. The molecule has 0 saturated carbocycles. The molecule has 1 aliphatic heterocycles. The van der Waals surface area contributed by atoms with E-state index >= 15 is 0 Å². The highest BCUT2D eigenvalue weighted by Crippen LogP contribution is 2.30. The molecule has 1 aromatic carbocycles. The Kier molecular flexibility index (Phi) is 7.31. The largest absolute Gasteiger partial charge is 0.379 e. The van der Waals surface area contributed by atoms with Gasteiger partial charge in [0.15, 0.2) is 0 Å². The molecule has 0 atom stereocenters. The maximum absolute atomic E-state index is 13.7. The summed E-state index contributed by atoms with van der Waals surface area (Å²) in [7, 11) is 0. The van der Waals surface area contributed by atoms with Crippen LogP contribution in [0.15, 0.2) is 24.3 Å². The summed E-state index contributed by atoms with van der Waals surface area (Å²) in [6.45, 7) is 7.98. The van der Waals surface area contributed by atoms with Gasteiger partial charge in [-0.3, -0.25) is 14.3 Å². The lowest BCUT2D eigenvalue weighted by Gasteiger charge is -2.26. The van der Waals surface area contributed by atoms with E-state index in [1.807, 2.05) is 13.8 Å². The zero-order valence-corrected chi connectivity index (χ0v) is 17.5. The first-order valence-electron chi connectivity index (χ1n) is 9.57. The van der Waals surface area contributed by atoms with Crippen molar-refractivity contribution >= 4 is 23.5 Å². The normalized spacial score (nSPS) is 14.6. The first-order chi connectivity index (χ1) is 14.0. The molecule has 2 aromatic rings. The van der Waals surface area contributed by atoms with Crippen LogP contribution >= 0.6 is 11.8 Å². The van der Waals surface area contributed by atoms with Crippen LogP contribution in [0.3, 0.4) is 0 Å². The highest BCUT2D eigenvalue weighted by atomic mass is 32.2. The number of nitrogens with zero attached hydrogens (tertiary/aromatic N) is 3. The highest BCUT2D eigenvalue weighted by molar-refractivity contribution is 7.99. The van der Waals surface area contributed by atoms with Gasteiger partial charge in [-0.2, -0.15) is 17.0 Å². The van der Waals surface area contributed by atoms with Gasteiger partial charge in [0.2, 0.25) is 5.91 Å². The molecule has 154 valence electrons. The Balaban J connectivity index is 1.68. The van der Waals surface area contributed by atoms with Crippen LogP contribution in [0.5, 0.6) is 0 Å². The van der Waals surface area contributed by atoms with Crippen LogP contribution in [-0.2, 0) is 9.53 Å². The molecule has 0 bridgehead atoms. The molecule has 6 nitrogen and oxygen atoms in total. The number of carbonyl (C=O) groups is 1. The quantitative estimate of drug-likeness (QED) is 0.703. The van der Waals surface area contributed by atoms with Crippen molar-refractivity contribution < 1.29 is 13.9 Å². The number of halogens is 1. The van der Waals surface area contributed by atoms with Crippen molar-refractivity contribution in [2.24, 2.45) is 0 Å². The zero-order chi connectivity index (χ0) is 20.8. The number of amides is 1. The van der Waals surface area contributed by atoms with Crippen LogP contribution in [0.1, 0.15) is 16.8 Å². The van der Waals surface area contributed by atoms with E-state index in [1.165, 1.54) is 12.1 Å². The fraction of sp³-hybridized carbons (Fsp3) is 0.429. The lowest BCUT2D eigenvalue weighted by atomic mass is 10.2. The molecule has 1 saturated heterocycles. The Morgan fingerprint density at radius 2 is 2.10 bits per heavy atom. The number of anilines is 1. The molecule has 0 radical (unpaired) electrons. The average Bonchev–Trinajstić information content (AvgIpc) is 2.95. The zero-order valence-electron chi connectivity index (χ0n) is 16.7. The summed E-state index contributed by atoms with van der Waals surface area (Å²) in [6, 6.07) is 8.29. The second kappa shape index (κ2) is 9.92. The van der Waals surface area contributed by atoms with Crippen molar-refractivity contribution in [2.75, 3.05) is 49.7 Å². The number of rotatable bonds is 7. The van der Waals surface area contributed by atoms with E-state index in [0.717, 1.165) is 49.9 Å². The first kappa shape index (κ1) is 21.4. The van der Waals surface area contributed by atoms with Crippen molar-refractivity contribution in [3.05, 3.63) is 46.9 Å². The molecular formula is C21H25FN4O2S. The van der Waals surface area contributed by atoms with E-state index in [1.54, 1.807) is 28.5 Å². The number of nitrogens with one attached hydrogen (secondary N) is 1. The van der Waals surface area contributed by atoms with Gasteiger partial charge in [-0.15, -0.1) is 0 Å². The third-order valence-electron chi connectivity index (χ3n) is 5.04. The van der Waals surface area contributed by atoms with Gasteiger partial charge in [0.1, 0.15) is 17.7 Å². The van der Waals surface area contributed by atoms with Gasteiger partial charge in [-0.05, 0) is 37.6 Å². The van der Waals surface area contributed by atoms with E-state index in [4.69, 9.17) is 4.74 Å². The summed E-state index contributed by atoms with van der Waals surface area (Å²) in [5.41, 5.74) is 2.54. The third kappa shape index (κ3) is 5.18. The number of hydrogen-bond acceptors (Lipinski definition) is 5. The maximum Gasteiger partial charge on any atom is 0.235 e. The number of aromatic nitrogens is 1. The van der Waals surface area contributed by atoms with Gasteiger partial charge in [-0.25, -0.2) is 4.39 Å². The van der Waals surface area contributed by atoms with Gasteiger partial charge in [0.05, 0.1) is 30.2 Å². The number of ether oxygens (including phenoxy) is 1. The Morgan fingerprint density at radius 3 is 2.79 bits per heavy atom. The molecular weight excluding hydrogens is 391 g/mol. The number of hydrogen-bond donors (Lipinski definition) is 1. The Morgan fingerprint density at radius 1 is 1.34 bits per heavy atom. The minimum atomic E-state index is -0.372. The molecule has 3 rings (SSSR count). The molecule has 29 heavy (non-hydrogen) atoms. The molecule has 0 spiro atoms. The van der Waals surface area contributed by atoms with E-state index in [2.05, 4.69) is 16.3 Å². The Hall–Kier alpha value is -2.34. The summed E-state index contributed by atoms with van der Waals surface area (Å²) in [6.07, 6.45) is 0. The highest BCUT2D eigenvalue weighted by Gasteiger charge is 2.21. The molecule has 1 fully saturated rings. The van der Waals surface area contributed by atoms with E-state index in [-0.39, 0.29) is 11.7 Å². The topological polar surface area (TPSA) is 70.3 Å². The SMILES string of the molecule is Cc1c(C#N)c(NC(=O)CSCCN2CCOCC2)n(-c2cccc(F)c2)c1C. The van der Waals surface area contributed by atoms with Crippen LogP contribution in [0.2, 0.25) is 0 Å². The van der Waals surface area contributed by atoms with Crippen molar-refractivity contribution in [3.8, 4) is 11.8 Å². The summed E-state index contributed by atoms with van der Waals surface area (Å²) in [5, 5.41) is 12.5. The number of carbonyl (C=O) groups excluding carboxylic acids is 1. The molecule has 8 heteroatoms. The minimum absolute atomic E-state index is 0.177. The number of morpholine rings is 1. The summed E-state index contributed by atoms with van der Waals surface area (Å²) in [4.78, 5) is 14.9. The van der Waals surface area contributed by atoms with Crippen molar-refractivity contribution in [3.63, 3.8) is 0 Å². The molecule has 0 aliphatic carbocycles. The van der Waals surface area contributed by atoms with Gasteiger partial charge < -0.3 is 10.1 Å². The second-order valence-corrected chi connectivity index (χ2v) is 8.02. The van der Waals surface area contributed by atoms with Gasteiger partial charge in [-0.1, -0.05) is 6.07 Å². The summed E-state index contributed by atoms with van der Waals surface area (Å²) >= 11 is 1.56. The Bertz CT molecular complexity index is 916. The summed E-state index contributed by atoms with van der Waals surface area (Å²) < 4.78 is 20.8. The molecule has 1 amide bonds. The first-order valence-corrected chi connectivity index (χ1v) is 10.7. The van der Waals surface area contributed by atoms with Gasteiger partial charge in [0.25, 0.3) is 0 Å². The summed E-state index contributed by atoms with van der Waals surface area (Å²) in [5.74, 6) is 0.988. The molecule has 1 aromatic heterocycles. The molecule has 2 heterocycles. The minimum Gasteiger partial charge on any atom is -0.379 e. The van der Waals surface area contributed by atoms with Crippen molar-refractivity contribution in [1.82, 2.24) is 9.47 Å². The molecule has 0 unspecified atom stereocenters. The predicted molar refractivity (Wildman–Crippen MR) is 113 cm³/mol. The fourth-order valence-electron chi connectivity index (χ4n) is 3.35. The third-order valence-corrected chi connectivity index (χ3v) is 5.98. The monoisotopic (exact) mass is 416 g/mol. The number of benzene rings is 1. The number of nitriles is 1. The van der Waals surface area contributed by atoms with Crippen LogP contribution in [-0.4, -0.2) is 59.7 Å². The maximum atomic E-state index is 13.7. The van der Waals surface area contributed by atoms with E-state index < -0.39 is 0 Å². The van der Waals surface area contributed by atoms with Crippen LogP contribution < -0.4 is 5.32 Å². The van der Waals surface area contributed by atoms with E-state index in [0.29, 0.717) is 22.8 Å². The lowest BCUT2D eigenvalue weighted by Crippen LogP contribution is -2.37.